The van der Waals surface area contributed by atoms with Gasteiger partial charge in [0.15, 0.2) is 17.3 Å². The van der Waals surface area contributed by atoms with Crippen LogP contribution >= 0.6 is 0 Å². The Morgan fingerprint density at radius 2 is 1.84 bits per heavy atom. The van der Waals surface area contributed by atoms with Gasteiger partial charge in [-0.25, -0.2) is 4.79 Å². The average Bonchev–Trinajstić information content (AvgIpc) is 3.20. The summed E-state index contributed by atoms with van der Waals surface area (Å²) in [5.74, 6) is -0.339. The molecular weight excluding hydrogens is 410 g/mol. The molecule has 1 N–H and O–H groups in total. The third-order valence-electron chi connectivity index (χ3n) is 6.29. The molecule has 2 aliphatic heterocycles. The van der Waals surface area contributed by atoms with Crippen LogP contribution in [0.3, 0.4) is 0 Å². The van der Waals surface area contributed by atoms with Crippen LogP contribution in [0.15, 0.2) is 53.7 Å². The Morgan fingerprint density at radius 1 is 1.06 bits per heavy atom. The predicted octanol–water partition coefficient (Wildman–Crippen LogP) is 4.28. The lowest BCUT2D eigenvalue weighted by Gasteiger charge is -2.43. The number of hydrogen-bond donors (Lipinski definition) is 1. The van der Waals surface area contributed by atoms with Crippen molar-refractivity contribution in [2.75, 3.05) is 11.7 Å². The molecule has 1 unspecified atom stereocenters. The maximum atomic E-state index is 13.4. The van der Waals surface area contributed by atoms with E-state index in [2.05, 4.69) is 0 Å². The van der Waals surface area contributed by atoms with E-state index in [0.717, 1.165) is 5.56 Å². The Labute approximate surface area is 185 Å². The van der Waals surface area contributed by atoms with E-state index < -0.39 is 5.97 Å². The number of allylic oxidation sites excluding steroid dienone is 2. The molecule has 164 valence electrons. The van der Waals surface area contributed by atoms with E-state index in [1.54, 1.807) is 17.0 Å². The summed E-state index contributed by atoms with van der Waals surface area (Å²) in [6.07, 6.45) is 1.05. The summed E-state index contributed by atoms with van der Waals surface area (Å²) in [7, 11) is 0. The number of ether oxygens (including phenoxy) is 2. The maximum Gasteiger partial charge on any atom is 0.335 e. The Bertz CT molecular complexity index is 1190. The minimum absolute atomic E-state index is 0.0193. The number of carbonyl (C=O) groups is 3. The highest BCUT2D eigenvalue weighted by Crippen LogP contribution is 2.49. The standard InChI is InChI=1S/C25H23NO6/c1-25(2)11-18-23(19(27)12-25)17(14-6-7-20-21(9-14)32-13-31-20)10-22(28)26(18)16-5-3-4-15(8-16)24(29)30/h3-9,17H,10-13H2,1-2H3,(H,29,30). The smallest absolute Gasteiger partial charge is 0.335 e. The second-order valence-electron chi connectivity index (χ2n) is 9.26. The SMILES string of the molecule is CC1(C)CC(=O)C2=C(C1)N(c1cccc(C(=O)O)c1)C(=O)CC2c1ccc2c(c1)OCO2. The van der Waals surface area contributed by atoms with E-state index in [9.17, 15) is 19.5 Å². The Balaban J connectivity index is 1.66. The molecule has 2 aromatic rings. The molecular formula is C25H23NO6. The van der Waals surface area contributed by atoms with Crippen LogP contribution in [0.4, 0.5) is 5.69 Å². The monoisotopic (exact) mass is 433 g/mol. The summed E-state index contributed by atoms with van der Waals surface area (Å²) in [6.45, 7) is 4.17. The van der Waals surface area contributed by atoms with Crippen LogP contribution in [0.5, 0.6) is 11.5 Å². The zero-order valence-electron chi connectivity index (χ0n) is 17.9. The van der Waals surface area contributed by atoms with Gasteiger partial charge in [-0.2, -0.15) is 0 Å². The number of hydrogen-bond acceptors (Lipinski definition) is 5. The molecule has 0 aromatic heterocycles. The summed E-state index contributed by atoms with van der Waals surface area (Å²) >= 11 is 0. The van der Waals surface area contributed by atoms with Gasteiger partial charge < -0.3 is 14.6 Å². The molecule has 7 heteroatoms. The predicted molar refractivity (Wildman–Crippen MR) is 116 cm³/mol. The third-order valence-corrected chi connectivity index (χ3v) is 6.29. The van der Waals surface area contributed by atoms with Crippen molar-refractivity contribution < 1.29 is 29.0 Å². The molecule has 7 nitrogen and oxygen atoms in total. The van der Waals surface area contributed by atoms with Crippen LogP contribution < -0.4 is 14.4 Å². The van der Waals surface area contributed by atoms with Crippen LogP contribution in [0, 0.1) is 5.41 Å². The van der Waals surface area contributed by atoms with Crippen molar-refractivity contribution in [1.29, 1.82) is 0 Å². The minimum atomic E-state index is -1.07. The molecule has 1 aliphatic carbocycles. The second kappa shape index (κ2) is 7.22. The number of fused-ring (bicyclic) bond motifs is 1. The largest absolute Gasteiger partial charge is 0.478 e. The minimum Gasteiger partial charge on any atom is -0.478 e. The van der Waals surface area contributed by atoms with Crippen molar-refractivity contribution in [1.82, 2.24) is 0 Å². The lowest BCUT2D eigenvalue weighted by atomic mass is 9.69. The lowest BCUT2D eigenvalue weighted by molar-refractivity contribution is -0.121. The fourth-order valence-corrected chi connectivity index (χ4v) is 4.91. The number of nitrogens with zero attached hydrogens (tertiary/aromatic N) is 1. The lowest BCUT2D eigenvalue weighted by Crippen LogP contribution is -2.43. The molecule has 0 saturated heterocycles. The van der Waals surface area contributed by atoms with E-state index in [-0.39, 0.29) is 41.8 Å². The van der Waals surface area contributed by atoms with E-state index >= 15 is 0 Å². The van der Waals surface area contributed by atoms with Crippen molar-refractivity contribution in [2.24, 2.45) is 5.41 Å². The molecule has 0 saturated carbocycles. The Kier molecular flexibility index (Phi) is 4.58. The van der Waals surface area contributed by atoms with E-state index in [1.165, 1.54) is 12.1 Å². The first kappa shape index (κ1) is 20.3. The molecule has 0 bridgehead atoms. The molecule has 1 amide bonds. The van der Waals surface area contributed by atoms with Crippen LogP contribution in [0.25, 0.3) is 0 Å². The first-order valence-corrected chi connectivity index (χ1v) is 10.6. The number of rotatable bonds is 3. The molecule has 32 heavy (non-hydrogen) atoms. The number of carboxylic acid groups (broad SMARTS) is 1. The van der Waals surface area contributed by atoms with Gasteiger partial charge in [0.1, 0.15) is 0 Å². The fraction of sp³-hybridized carbons (Fsp3) is 0.320. The topological polar surface area (TPSA) is 93.1 Å². The summed E-state index contributed by atoms with van der Waals surface area (Å²) in [6, 6.07) is 11.8. The third kappa shape index (κ3) is 3.34. The van der Waals surface area contributed by atoms with Gasteiger partial charge in [-0.3, -0.25) is 14.5 Å². The first-order valence-electron chi connectivity index (χ1n) is 10.6. The van der Waals surface area contributed by atoms with Gasteiger partial charge in [0.2, 0.25) is 12.7 Å². The van der Waals surface area contributed by atoms with Crippen LogP contribution in [-0.4, -0.2) is 29.6 Å². The molecule has 2 aromatic carbocycles. The molecule has 0 radical (unpaired) electrons. The number of carbonyl (C=O) groups excluding carboxylic acids is 2. The Hall–Kier alpha value is -3.61. The summed E-state index contributed by atoms with van der Waals surface area (Å²) in [5, 5.41) is 9.41. The maximum absolute atomic E-state index is 13.4. The number of aromatic carboxylic acids is 1. The van der Waals surface area contributed by atoms with Gasteiger partial charge in [-0.1, -0.05) is 26.0 Å². The van der Waals surface area contributed by atoms with E-state index in [0.29, 0.717) is 41.3 Å². The number of benzene rings is 2. The van der Waals surface area contributed by atoms with E-state index in [4.69, 9.17) is 9.47 Å². The van der Waals surface area contributed by atoms with Crippen LogP contribution in [0.1, 0.15) is 54.9 Å². The summed E-state index contributed by atoms with van der Waals surface area (Å²) in [4.78, 5) is 39.9. The summed E-state index contributed by atoms with van der Waals surface area (Å²) in [5.41, 5.74) is 2.38. The zero-order chi connectivity index (χ0) is 22.6. The van der Waals surface area contributed by atoms with Crippen molar-refractivity contribution >= 4 is 23.3 Å². The van der Waals surface area contributed by atoms with Gasteiger partial charge >= 0.3 is 5.97 Å². The quantitative estimate of drug-likeness (QED) is 0.777. The fourth-order valence-electron chi connectivity index (χ4n) is 4.91. The molecule has 2 heterocycles. The number of anilines is 1. The van der Waals surface area contributed by atoms with Crippen LogP contribution in [-0.2, 0) is 9.59 Å². The molecule has 0 spiro atoms. The number of carboxylic acids is 1. The number of amides is 1. The van der Waals surface area contributed by atoms with Crippen LogP contribution in [0.2, 0.25) is 0 Å². The van der Waals surface area contributed by atoms with Gasteiger partial charge in [-0.05, 0) is 47.7 Å². The molecule has 5 rings (SSSR count). The van der Waals surface area contributed by atoms with Gasteiger partial charge in [-0.15, -0.1) is 0 Å². The first-order chi connectivity index (χ1) is 15.2. The zero-order valence-corrected chi connectivity index (χ0v) is 17.9. The summed E-state index contributed by atoms with van der Waals surface area (Å²) < 4.78 is 10.9. The normalized spacial score (nSPS) is 21.6. The Morgan fingerprint density at radius 3 is 2.62 bits per heavy atom. The molecule has 3 aliphatic rings. The highest BCUT2D eigenvalue weighted by molar-refractivity contribution is 6.08. The van der Waals surface area contributed by atoms with Gasteiger partial charge in [0.05, 0.1) is 5.56 Å². The highest BCUT2D eigenvalue weighted by atomic mass is 16.7. The molecule has 0 fully saturated rings. The van der Waals surface area contributed by atoms with Crippen molar-refractivity contribution in [3.8, 4) is 11.5 Å². The average molecular weight is 433 g/mol. The van der Waals surface area contributed by atoms with Crippen molar-refractivity contribution in [3.05, 3.63) is 64.9 Å². The van der Waals surface area contributed by atoms with Crippen molar-refractivity contribution in [3.63, 3.8) is 0 Å². The number of Topliss-reactive ketones (excluding diaryl/α,β-unsaturated/α-hetero) is 1. The highest BCUT2D eigenvalue weighted by Gasteiger charge is 2.44. The van der Waals surface area contributed by atoms with E-state index in [1.807, 2.05) is 32.0 Å². The molecule has 1 atom stereocenters. The van der Waals surface area contributed by atoms with Gasteiger partial charge in [0, 0.05) is 35.7 Å². The van der Waals surface area contributed by atoms with Crippen molar-refractivity contribution in [2.45, 2.75) is 39.0 Å². The van der Waals surface area contributed by atoms with Gasteiger partial charge in [0.25, 0.3) is 0 Å². The number of ketones is 1. The second-order valence-corrected chi connectivity index (χ2v) is 9.26.